The zero-order chi connectivity index (χ0) is 19.9. The maximum atomic E-state index is 13.2. The zero-order valence-electron chi connectivity index (χ0n) is 15.9. The Morgan fingerprint density at radius 3 is 2.50 bits per heavy atom. The number of rotatable bonds is 3. The SMILES string of the molecule is Cc1cc2c(cc1S(=O)(=O)N1CCC(C(=O)N3CCCC3)CC1)OCC(=O)N2. The second kappa shape index (κ2) is 7.36. The molecule has 3 aliphatic rings. The summed E-state index contributed by atoms with van der Waals surface area (Å²) in [6.45, 7) is 3.89. The molecule has 28 heavy (non-hydrogen) atoms. The number of likely N-dealkylation sites (tertiary alicyclic amines) is 1. The molecular weight excluding hydrogens is 382 g/mol. The van der Waals surface area contributed by atoms with E-state index in [0.29, 0.717) is 42.9 Å². The van der Waals surface area contributed by atoms with Crippen molar-refractivity contribution in [2.45, 2.75) is 37.5 Å². The summed E-state index contributed by atoms with van der Waals surface area (Å²) in [6, 6.07) is 3.11. The number of aryl methyl sites for hydroxylation is 1. The van der Waals surface area contributed by atoms with Gasteiger partial charge >= 0.3 is 0 Å². The number of carbonyl (C=O) groups excluding carboxylic acids is 2. The van der Waals surface area contributed by atoms with E-state index >= 15 is 0 Å². The van der Waals surface area contributed by atoms with Gasteiger partial charge in [0.2, 0.25) is 15.9 Å². The van der Waals surface area contributed by atoms with Gasteiger partial charge in [0.1, 0.15) is 5.75 Å². The lowest BCUT2D eigenvalue weighted by Gasteiger charge is -2.33. The highest BCUT2D eigenvalue weighted by Crippen LogP contribution is 2.35. The number of amides is 2. The fourth-order valence-electron chi connectivity index (χ4n) is 4.17. The molecule has 2 fully saturated rings. The van der Waals surface area contributed by atoms with Gasteiger partial charge in [0.25, 0.3) is 5.91 Å². The molecule has 0 saturated carbocycles. The molecule has 8 nitrogen and oxygen atoms in total. The number of nitrogens with zero attached hydrogens (tertiary/aromatic N) is 2. The predicted octanol–water partition coefficient (Wildman–Crippen LogP) is 1.35. The minimum absolute atomic E-state index is 0.0901. The topological polar surface area (TPSA) is 96.0 Å². The Kier molecular flexibility index (Phi) is 5.05. The molecule has 1 aromatic carbocycles. The number of sulfonamides is 1. The number of hydrogen-bond acceptors (Lipinski definition) is 5. The van der Waals surface area contributed by atoms with Crippen molar-refractivity contribution >= 4 is 27.5 Å². The second-order valence-electron chi connectivity index (χ2n) is 7.66. The molecule has 0 atom stereocenters. The minimum Gasteiger partial charge on any atom is -0.482 e. The van der Waals surface area contributed by atoms with E-state index in [1.807, 2.05) is 4.90 Å². The van der Waals surface area contributed by atoms with E-state index in [0.717, 1.165) is 25.9 Å². The van der Waals surface area contributed by atoms with Gasteiger partial charge in [0, 0.05) is 38.2 Å². The van der Waals surface area contributed by atoms with Crippen molar-refractivity contribution in [3.8, 4) is 5.75 Å². The lowest BCUT2D eigenvalue weighted by molar-refractivity contribution is -0.135. The maximum Gasteiger partial charge on any atom is 0.262 e. The lowest BCUT2D eigenvalue weighted by atomic mass is 9.97. The molecule has 1 N–H and O–H groups in total. The average Bonchev–Trinajstić information content (AvgIpc) is 3.21. The van der Waals surface area contributed by atoms with Crippen LogP contribution in [0.3, 0.4) is 0 Å². The molecule has 0 aliphatic carbocycles. The van der Waals surface area contributed by atoms with Gasteiger partial charge in [0.15, 0.2) is 6.61 Å². The van der Waals surface area contributed by atoms with Crippen LogP contribution >= 0.6 is 0 Å². The fourth-order valence-corrected chi connectivity index (χ4v) is 5.86. The average molecular weight is 407 g/mol. The second-order valence-corrected chi connectivity index (χ2v) is 9.57. The van der Waals surface area contributed by atoms with Crippen LogP contribution in [-0.4, -0.2) is 62.2 Å². The van der Waals surface area contributed by atoms with Crippen LogP contribution in [0, 0.1) is 12.8 Å². The van der Waals surface area contributed by atoms with Crippen molar-refractivity contribution in [2.75, 3.05) is 38.1 Å². The summed E-state index contributed by atoms with van der Waals surface area (Å²) in [4.78, 5) is 26.1. The molecular formula is C19H25N3O5S. The first-order chi connectivity index (χ1) is 13.4. The van der Waals surface area contributed by atoms with Crippen molar-refractivity contribution < 1.29 is 22.7 Å². The van der Waals surface area contributed by atoms with Crippen LogP contribution in [0.5, 0.6) is 5.75 Å². The summed E-state index contributed by atoms with van der Waals surface area (Å²) >= 11 is 0. The van der Waals surface area contributed by atoms with E-state index in [9.17, 15) is 18.0 Å². The lowest BCUT2D eigenvalue weighted by Crippen LogP contribution is -2.43. The quantitative estimate of drug-likeness (QED) is 0.816. The van der Waals surface area contributed by atoms with Crippen molar-refractivity contribution in [1.82, 2.24) is 9.21 Å². The number of hydrogen-bond donors (Lipinski definition) is 1. The van der Waals surface area contributed by atoms with Crippen LogP contribution < -0.4 is 10.1 Å². The summed E-state index contributed by atoms with van der Waals surface area (Å²) in [6.07, 6.45) is 3.20. The molecule has 3 aliphatic heterocycles. The number of ether oxygens (including phenoxy) is 1. The third-order valence-electron chi connectivity index (χ3n) is 5.75. The maximum absolute atomic E-state index is 13.2. The Morgan fingerprint density at radius 1 is 1.14 bits per heavy atom. The van der Waals surface area contributed by atoms with Crippen LogP contribution in [0.15, 0.2) is 17.0 Å². The number of nitrogens with one attached hydrogen (secondary N) is 1. The van der Waals surface area contributed by atoms with E-state index in [-0.39, 0.29) is 29.2 Å². The van der Waals surface area contributed by atoms with Gasteiger partial charge in [-0.3, -0.25) is 9.59 Å². The van der Waals surface area contributed by atoms with Gasteiger partial charge in [-0.05, 0) is 44.2 Å². The van der Waals surface area contributed by atoms with Crippen molar-refractivity contribution in [1.29, 1.82) is 0 Å². The highest BCUT2D eigenvalue weighted by Gasteiger charge is 2.35. The highest BCUT2D eigenvalue weighted by atomic mass is 32.2. The van der Waals surface area contributed by atoms with Crippen LogP contribution in [0.25, 0.3) is 0 Å². The molecule has 9 heteroatoms. The molecule has 2 amide bonds. The van der Waals surface area contributed by atoms with Crippen LogP contribution in [-0.2, 0) is 19.6 Å². The molecule has 0 bridgehead atoms. The number of fused-ring (bicyclic) bond motifs is 1. The third-order valence-corrected chi connectivity index (χ3v) is 7.79. The largest absolute Gasteiger partial charge is 0.482 e. The van der Waals surface area contributed by atoms with Crippen molar-refractivity contribution in [3.05, 3.63) is 17.7 Å². The number of carbonyl (C=O) groups is 2. The van der Waals surface area contributed by atoms with Gasteiger partial charge in [-0.1, -0.05) is 0 Å². The van der Waals surface area contributed by atoms with Crippen molar-refractivity contribution in [3.63, 3.8) is 0 Å². The smallest absolute Gasteiger partial charge is 0.262 e. The summed E-state index contributed by atoms with van der Waals surface area (Å²) in [5, 5.41) is 2.69. The molecule has 2 saturated heterocycles. The number of benzene rings is 1. The minimum atomic E-state index is -3.69. The number of piperidine rings is 1. The van der Waals surface area contributed by atoms with E-state index in [4.69, 9.17) is 4.74 Å². The van der Waals surface area contributed by atoms with E-state index in [1.54, 1.807) is 13.0 Å². The number of anilines is 1. The molecule has 4 rings (SSSR count). The first kappa shape index (κ1) is 19.2. The zero-order valence-corrected chi connectivity index (χ0v) is 16.8. The molecule has 0 unspecified atom stereocenters. The highest BCUT2D eigenvalue weighted by molar-refractivity contribution is 7.89. The molecule has 0 spiro atoms. The Labute approximate surface area is 164 Å². The van der Waals surface area contributed by atoms with Gasteiger partial charge < -0.3 is 15.0 Å². The Bertz CT molecular complexity index is 900. The molecule has 3 heterocycles. The van der Waals surface area contributed by atoms with Crippen LogP contribution in [0.4, 0.5) is 5.69 Å². The van der Waals surface area contributed by atoms with Gasteiger partial charge in [0.05, 0.1) is 10.6 Å². The van der Waals surface area contributed by atoms with E-state index in [2.05, 4.69) is 5.32 Å². The van der Waals surface area contributed by atoms with E-state index in [1.165, 1.54) is 10.4 Å². The molecule has 152 valence electrons. The summed E-state index contributed by atoms with van der Waals surface area (Å²) in [5.41, 5.74) is 1.04. The predicted molar refractivity (Wildman–Crippen MR) is 103 cm³/mol. The monoisotopic (exact) mass is 407 g/mol. The van der Waals surface area contributed by atoms with Crippen LogP contribution in [0.1, 0.15) is 31.2 Å². The first-order valence-corrected chi connectivity index (χ1v) is 11.2. The van der Waals surface area contributed by atoms with E-state index < -0.39 is 10.0 Å². The summed E-state index contributed by atoms with van der Waals surface area (Å²) in [5.74, 6) is 0.187. The van der Waals surface area contributed by atoms with Gasteiger partial charge in [-0.2, -0.15) is 4.31 Å². The van der Waals surface area contributed by atoms with Gasteiger partial charge in [-0.25, -0.2) is 8.42 Å². The molecule has 0 aromatic heterocycles. The fraction of sp³-hybridized carbons (Fsp3) is 0.579. The normalized spacial score (nSPS) is 21.2. The first-order valence-electron chi connectivity index (χ1n) is 9.72. The summed E-state index contributed by atoms with van der Waals surface area (Å²) < 4.78 is 33.2. The Morgan fingerprint density at radius 2 is 1.82 bits per heavy atom. The summed E-state index contributed by atoms with van der Waals surface area (Å²) in [7, 11) is -3.69. The Balaban J connectivity index is 1.49. The third kappa shape index (κ3) is 3.48. The van der Waals surface area contributed by atoms with Gasteiger partial charge in [-0.15, -0.1) is 0 Å². The van der Waals surface area contributed by atoms with Crippen LogP contribution in [0.2, 0.25) is 0 Å². The Hall–Kier alpha value is -2.13. The van der Waals surface area contributed by atoms with Crippen molar-refractivity contribution in [2.24, 2.45) is 5.92 Å². The molecule has 1 aromatic rings. The standard InChI is InChI=1S/C19H25N3O5S/c1-13-10-15-16(27-12-18(23)20-15)11-17(13)28(25,26)22-8-4-14(5-9-22)19(24)21-6-2-3-7-21/h10-11,14H,2-9,12H2,1H3,(H,20,23). The molecule has 0 radical (unpaired) electrons.